The molecule has 0 amide bonds. The van der Waals surface area contributed by atoms with Gasteiger partial charge in [0.05, 0.1) is 4.47 Å². The Morgan fingerprint density at radius 3 is 2.88 bits per heavy atom. The number of pyridine rings is 1. The molecule has 3 nitrogen and oxygen atoms in total. The summed E-state index contributed by atoms with van der Waals surface area (Å²) in [4.78, 5) is 4.15. The maximum absolute atomic E-state index is 5.72. The molecule has 4 heteroatoms. The Kier molecular flexibility index (Phi) is 3.98. The summed E-state index contributed by atoms with van der Waals surface area (Å²) in [5.74, 6) is 1.69. The molecule has 17 heavy (non-hydrogen) atoms. The first-order chi connectivity index (χ1) is 8.29. The van der Waals surface area contributed by atoms with Crippen LogP contribution in [-0.4, -0.2) is 12.0 Å². The van der Waals surface area contributed by atoms with Crippen LogP contribution in [0.4, 0.5) is 5.82 Å². The fourth-order valence-electron chi connectivity index (χ4n) is 1.42. The molecule has 2 rings (SSSR count). The third-order valence-corrected chi connectivity index (χ3v) is 2.97. The number of nitrogens with one attached hydrogen (secondary N) is 1. The predicted molar refractivity (Wildman–Crippen MR) is 72.3 cm³/mol. The summed E-state index contributed by atoms with van der Waals surface area (Å²) < 4.78 is 6.68. The van der Waals surface area contributed by atoms with Crippen molar-refractivity contribution in [3.05, 3.63) is 52.6 Å². The van der Waals surface area contributed by atoms with Crippen molar-refractivity contribution < 1.29 is 4.74 Å². The summed E-state index contributed by atoms with van der Waals surface area (Å²) in [6, 6.07) is 11.7. The van der Waals surface area contributed by atoms with Gasteiger partial charge >= 0.3 is 0 Å². The lowest BCUT2D eigenvalue weighted by atomic mass is 10.3. The largest absolute Gasteiger partial charge is 0.488 e. The van der Waals surface area contributed by atoms with Crippen molar-refractivity contribution in [2.75, 3.05) is 12.4 Å². The average molecular weight is 293 g/mol. The summed E-state index contributed by atoms with van der Waals surface area (Å²) in [5, 5.41) is 3.00. The number of nitrogens with zero attached hydrogens (tertiary/aromatic N) is 1. The lowest BCUT2D eigenvalue weighted by Gasteiger charge is -2.08. The molecule has 0 saturated heterocycles. The first-order valence-corrected chi connectivity index (χ1v) is 6.09. The van der Waals surface area contributed by atoms with E-state index in [0.29, 0.717) is 6.61 Å². The van der Waals surface area contributed by atoms with E-state index in [9.17, 15) is 0 Å². The zero-order valence-corrected chi connectivity index (χ0v) is 11.1. The molecule has 1 N–H and O–H groups in total. The van der Waals surface area contributed by atoms with Crippen molar-refractivity contribution in [3.8, 4) is 5.75 Å². The van der Waals surface area contributed by atoms with Crippen LogP contribution in [0.25, 0.3) is 0 Å². The molecule has 88 valence electrons. The summed E-state index contributed by atoms with van der Waals surface area (Å²) in [6.07, 6.45) is 1.77. The third kappa shape index (κ3) is 3.20. The number of para-hydroxylation sites is 1. The summed E-state index contributed by atoms with van der Waals surface area (Å²) >= 11 is 3.45. The summed E-state index contributed by atoms with van der Waals surface area (Å²) in [5.41, 5.74) is 1.08. The Bertz CT molecular complexity index is 502. The number of halogens is 1. The van der Waals surface area contributed by atoms with Crippen molar-refractivity contribution >= 4 is 21.7 Å². The lowest BCUT2D eigenvalue weighted by molar-refractivity contribution is 0.304. The van der Waals surface area contributed by atoms with Gasteiger partial charge in [0, 0.05) is 13.2 Å². The normalized spacial score (nSPS) is 10.0. The SMILES string of the molecule is CNc1cc(COc2ccccc2Br)ccn1. The first kappa shape index (κ1) is 11.9. The highest BCUT2D eigenvalue weighted by molar-refractivity contribution is 9.10. The van der Waals surface area contributed by atoms with Gasteiger partial charge in [0.15, 0.2) is 0 Å². The topological polar surface area (TPSA) is 34.1 Å². The maximum Gasteiger partial charge on any atom is 0.133 e. The molecule has 0 aliphatic rings. The Morgan fingerprint density at radius 2 is 2.12 bits per heavy atom. The minimum Gasteiger partial charge on any atom is -0.488 e. The summed E-state index contributed by atoms with van der Waals surface area (Å²) in [7, 11) is 1.85. The third-order valence-electron chi connectivity index (χ3n) is 2.31. The van der Waals surface area contributed by atoms with Gasteiger partial charge in [0.1, 0.15) is 18.2 Å². The fourth-order valence-corrected chi connectivity index (χ4v) is 1.82. The van der Waals surface area contributed by atoms with Crippen LogP contribution in [0.5, 0.6) is 5.75 Å². The molecule has 1 aromatic heterocycles. The Hall–Kier alpha value is -1.55. The maximum atomic E-state index is 5.72. The molecule has 0 aliphatic heterocycles. The second-order valence-corrected chi connectivity index (χ2v) is 4.37. The van der Waals surface area contributed by atoms with E-state index in [2.05, 4.69) is 26.2 Å². The highest BCUT2D eigenvalue weighted by Gasteiger charge is 2.01. The van der Waals surface area contributed by atoms with Crippen molar-refractivity contribution in [2.24, 2.45) is 0 Å². The van der Waals surface area contributed by atoms with Crippen molar-refractivity contribution in [3.63, 3.8) is 0 Å². The van der Waals surface area contributed by atoms with E-state index in [0.717, 1.165) is 21.6 Å². The smallest absolute Gasteiger partial charge is 0.133 e. The number of aromatic nitrogens is 1. The lowest BCUT2D eigenvalue weighted by Crippen LogP contribution is -1.98. The van der Waals surface area contributed by atoms with Gasteiger partial charge in [-0.15, -0.1) is 0 Å². The van der Waals surface area contributed by atoms with Crippen molar-refractivity contribution in [1.82, 2.24) is 4.98 Å². The standard InChI is InChI=1S/C13H13BrN2O/c1-15-13-8-10(6-7-16-13)9-17-12-5-3-2-4-11(12)14/h2-8H,9H2,1H3,(H,15,16). The monoisotopic (exact) mass is 292 g/mol. The van der Waals surface area contributed by atoms with Gasteiger partial charge in [-0.3, -0.25) is 0 Å². The Labute approximate surface area is 109 Å². The number of rotatable bonds is 4. The number of benzene rings is 1. The molecular formula is C13H13BrN2O. The number of anilines is 1. The second-order valence-electron chi connectivity index (χ2n) is 3.52. The molecular weight excluding hydrogens is 280 g/mol. The van der Waals surface area contributed by atoms with E-state index in [1.807, 2.05) is 43.4 Å². The molecule has 1 aromatic carbocycles. The zero-order valence-electron chi connectivity index (χ0n) is 9.48. The van der Waals surface area contributed by atoms with Crippen molar-refractivity contribution in [1.29, 1.82) is 0 Å². The molecule has 1 heterocycles. The van der Waals surface area contributed by atoms with Gasteiger partial charge in [-0.2, -0.15) is 0 Å². The van der Waals surface area contributed by atoms with Crippen molar-refractivity contribution in [2.45, 2.75) is 6.61 Å². The summed E-state index contributed by atoms with van der Waals surface area (Å²) in [6.45, 7) is 0.528. The van der Waals surface area contributed by atoms with Gasteiger partial charge in [0.2, 0.25) is 0 Å². The van der Waals surface area contributed by atoms with Gasteiger partial charge in [-0.05, 0) is 45.8 Å². The molecule has 0 atom stereocenters. The fraction of sp³-hybridized carbons (Fsp3) is 0.154. The van der Waals surface area contributed by atoms with Gasteiger partial charge in [0.25, 0.3) is 0 Å². The van der Waals surface area contributed by atoms with E-state index in [1.54, 1.807) is 6.20 Å². The number of hydrogen-bond donors (Lipinski definition) is 1. The minimum atomic E-state index is 0.528. The van der Waals surface area contributed by atoms with Crippen LogP contribution < -0.4 is 10.1 Å². The van der Waals surface area contributed by atoms with E-state index >= 15 is 0 Å². The molecule has 0 radical (unpaired) electrons. The Balaban J connectivity index is 2.05. The average Bonchev–Trinajstić information content (AvgIpc) is 2.38. The highest BCUT2D eigenvalue weighted by Crippen LogP contribution is 2.24. The molecule has 0 aliphatic carbocycles. The molecule has 2 aromatic rings. The van der Waals surface area contributed by atoms with Gasteiger partial charge in [-0.25, -0.2) is 4.98 Å². The van der Waals surface area contributed by atoms with Crippen LogP contribution in [0, 0.1) is 0 Å². The predicted octanol–water partition coefficient (Wildman–Crippen LogP) is 3.46. The van der Waals surface area contributed by atoms with E-state index < -0.39 is 0 Å². The van der Waals surface area contributed by atoms with Crippen LogP contribution in [0.3, 0.4) is 0 Å². The van der Waals surface area contributed by atoms with E-state index in [1.165, 1.54) is 0 Å². The van der Waals surface area contributed by atoms with Crippen LogP contribution in [0.2, 0.25) is 0 Å². The molecule has 0 spiro atoms. The molecule has 0 fully saturated rings. The van der Waals surface area contributed by atoms with Crippen LogP contribution in [-0.2, 0) is 6.61 Å². The Morgan fingerprint density at radius 1 is 1.29 bits per heavy atom. The second kappa shape index (κ2) is 5.68. The molecule has 0 bridgehead atoms. The highest BCUT2D eigenvalue weighted by atomic mass is 79.9. The molecule has 0 saturated carbocycles. The quantitative estimate of drug-likeness (QED) is 0.937. The number of hydrogen-bond acceptors (Lipinski definition) is 3. The van der Waals surface area contributed by atoms with E-state index in [-0.39, 0.29) is 0 Å². The van der Waals surface area contributed by atoms with Crippen LogP contribution in [0.1, 0.15) is 5.56 Å². The minimum absolute atomic E-state index is 0.528. The van der Waals surface area contributed by atoms with Crippen LogP contribution >= 0.6 is 15.9 Å². The number of ether oxygens (including phenoxy) is 1. The first-order valence-electron chi connectivity index (χ1n) is 5.29. The molecule has 0 unspecified atom stereocenters. The van der Waals surface area contributed by atoms with Crippen LogP contribution in [0.15, 0.2) is 47.1 Å². The van der Waals surface area contributed by atoms with Gasteiger partial charge in [-0.1, -0.05) is 12.1 Å². The van der Waals surface area contributed by atoms with Gasteiger partial charge < -0.3 is 10.1 Å². The van der Waals surface area contributed by atoms with E-state index in [4.69, 9.17) is 4.74 Å². The zero-order chi connectivity index (χ0) is 12.1.